The summed E-state index contributed by atoms with van der Waals surface area (Å²) >= 11 is 0. The molecular formula is C6CoFeN6NaNi+. The van der Waals surface area contributed by atoms with Gasteiger partial charge in [-0.05, 0) is 0 Å². The average Bonchev–Trinajstić information content (AvgIpc) is 2.33. The van der Waals surface area contributed by atoms with Crippen molar-refractivity contribution in [3.8, 4) is 0 Å². The van der Waals surface area contributed by atoms with E-state index in [0.717, 1.165) is 0 Å². The molecule has 0 bridgehead atoms. The van der Waals surface area contributed by atoms with Crippen molar-refractivity contribution < 1.29 is 79.9 Å². The van der Waals surface area contributed by atoms with Gasteiger partial charge in [0.15, 0.2) is 0 Å². The van der Waals surface area contributed by atoms with Crippen LogP contribution in [0.3, 0.4) is 0 Å². The maximum Gasteiger partial charge on any atom is 2.00 e. The van der Waals surface area contributed by atoms with Gasteiger partial charge in [0.2, 0.25) is 0 Å². The van der Waals surface area contributed by atoms with Crippen LogP contribution < -0.4 is 29.6 Å². The van der Waals surface area contributed by atoms with Crippen molar-refractivity contribution in [2.45, 2.75) is 0 Å². The van der Waals surface area contributed by atoms with E-state index in [4.69, 9.17) is 71.0 Å². The molecular weight excluding hydrogens is 353 g/mol. The number of hydrogen-bond acceptors (Lipinski definition) is 6. The summed E-state index contributed by atoms with van der Waals surface area (Å²) in [6.45, 7) is 28.5. The van der Waals surface area contributed by atoms with Crippen molar-refractivity contribution in [1.82, 2.24) is 0 Å². The van der Waals surface area contributed by atoms with Crippen LogP contribution in [0.25, 0.3) is 0 Å². The Kier molecular flexibility index (Phi) is 60800. The Hall–Kier alpha value is -0.541. The van der Waals surface area contributed by atoms with Gasteiger partial charge >= 0.3 is 79.9 Å². The Labute approximate surface area is 149 Å². The zero-order chi connectivity index (χ0) is 12.0. The fraction of sp³-hybridized carbons (Fsp3) is 0. The summed E-state index contributed by atoms with van der Waals surface area (Å²) in [6, 6.07) is 0. The van der Waals surface area contributed by atoms with E-state index in [1.807, 2.05) is 0 Å². The molecule has 0 aliphatic heterocycles. The van der Waals surface area contributed by atoms with E-state index in [0.29, 0.717) is 0 Å². The van der Waals surface area contributed by atoms with Gasteiger partial charge in [0.1, 0.15) is 0 Å². The van der Waals surface area contributed by atoms with Crippen LogP contribution in [0.5, 0.6) is 0 Å². The molecule has 0 spiro atoms. The van der Waals surface area contributed by atoms with Gasteiger partial charge in [-0.15, -0.1) is 0 Å². The smallest absolute Gasteiger partial charge is 0.512 e. The Morgan fingerprint density at radius 3 is 0.438 bits per heavy atom. The van der Waals surface area contributed by atoms with Crippen LogP contribution in [0.4, 0.5) is 0 Å². The maximum atomic E-state index is 6.25. The Morgan fingerprint density at radius 2 is 0.438 bits per heavy atom. The number of nitrogens with zero attached hydrogens (tertiary/aromatic N) is 6. The van der Waals surface area contributed by atoms with Crippen LogP contribution in [-0.2, 0) is 50.3 Å². The fourth-order valence-electron chi connectivity index (χ4n) is 0. The van der Waals surface area contributed by atoms with Gasteiger partial charge in [0.05, 0.1) is 0 Å². The molecule has 0 aliphatic carbocycles. The summed E-state index contributed by atoms with van der Waals surface area (Å²) in [6.07, 6.45) is 0. The molecule has 16 heavy (non-hydrogen) atoms. The fourth-order valence-corrected chi connectivity index (χ4v) is 0. The predicted octanol–water partition coefficient (Wildman–Crippen LogP) is -2.43. The second-order valence-corrected chi connectivity index (χ2v) is 0. The van der Waals surface area contributed by atoms with E-state index in [1.54, 1.807) is 0 Å². The molecule has 0 atom stereocenters. The molecule has 0 fully saturated rings. The van der Waals surface area contributed by atoms with E-state index in [9.17, 15) is 0 Å². The molecule has 0 heterocycles. The minimum Gasteiger partial charge on any atom is -0.512 e. The first-order valence-electron chi connectivity index (χ1n) is 1.34. The van der Waals surface area contributed by atoms with Crippen LogP contribution in [0.15, 0.2) is 0 Å². The Bertz CT molecular complexity index is 108. The second-order valence-electron chi connectivity index (χ2n) is 0. The molecule has 1 radical (unpaired) electrons. The molecule has 0 aromatic heterocycles. The largest absolute Gasteiger partial charge is 2.00 e. The summed E-state index contributed by atoms with van der Waals surface area (Å²) in [4.78, 5) is 0. The SMILES string of the molecule is [C-]#N.[C-]#N.[C-]#N.[C-]#N.[C-]#N.[C-]#N.[Co+2].[Fe+2].[Na+].[Ni+2]. The predicted molar refractivity (Wildman–Crippen MR) is 29.8 cm³/mol. The summed E-state index contributed by atoms with van der Waals surface area (Å²) in [5.74, 6) is 0. The number of hydrogen-bond donors (Lipinski definition) is 0. The van der Waals surface area contributed by atoms with E-state index >= 15 is 0 Å². The first-order chi connectivity index (χ1) is 6.00. The molecule has 0 saturated carbocycles. The zero-order valence-corrected chi connectivity index (χ0v) is 12.8. The van der Waals surface area contributed by atoms with E-state index < -0.39 is 0 Å². The third-order valence-corrected chi connectivity index (χ3v) is 0. The molecule has 0 N–H and O–H groups in total. The molecule has 0 unspecified atom stereocenters. The standard InChI is InChI=1S/6CN.Co.Fe.Na.Ni/c6*1-2;;;;/q6*-1;2*+2;+1;+2. The summed E-state index contributed by atoms with van der Waals surface area (Å²) in [5.41, 5.74) is 0. The molecule has 0 aliphatic rings. The van der Waals surface area contributed by atoms with Crippen molar-refractivity contribution in [2.75, 3.05) is 0 Å². The van der Waals surface area contributed by atoms with Crippen LogP contribution >= 0.6 is 0 Å². The summed E-state index contributed by atoms with van der Waals surface area (Å²) in [5, 5.41) is 37.5. The molecule has 6 nitrogen and oxygen atoms in total. The average molecular weight is 353 g/mol. The molecule has 10 heteroatoms. The van der Waals surface area contributed by atoms with Crippen molar-refractivity contribution >= 4 is 0 Å². The first-order valence-corrected chi connectivity index (χ1v) is 1.34. The normalized spacial score (nSPS) is 0.750. The maximum absolute atomic E-state index is 6.25. The minimum absolute atomic E-state index is 0. The van der Waals surface area contributed by atoms with Crippen molar-refractivity contribution in [2.24, 2.45) is 0 Å². The van der Waals surface area contributed by atoms with Gasteiger partial charge in [-0.3, -0.25) is 0 Å². The van der Waals surface area contributed by atoms with Gasteiger partial charge in [-0.2, -0.15) is 0 Å². The third kappa shape index (κ3) is 7150. The topological polar surface area (TPSA) is 143 Å². The van der Waals surface area contributed by atoms with Crippen molar-refractivity contribution in [3.63, 3.8) is 0 Å². The molecule has 0 aromatic rings. The molecule has 0 aromatic carbocycles. The molecule has 0 rings (SSSR count). The molecule has 0 amide bonds. The van der Waals surface area contributed by atoms with Gasteiger partial charge < -0.3 is 71.0 Å². The molecule has 81 valence electrons. The second kappa shape index (κ2) is 8970. The van der Waals surface area contributed by atoms with Gasteiger partial charge in [-0.25, -0.2) is 0 Å². The Balaban J connectivity index is -0.00000000321. The van der Waals surface area contributed by atoms with Crippen LogP contribution in [0.2, 0.25) is 0 Å². The Morgan fingerprint density at radius 1 is 0.438 bits per heavy atom. The van der Waals surface area contributed by atoms with Crippen molar-refractivity contribution in [1.29, 1.82) is 31.6 Å². The minimum atomic E-state index is 0. The van der Waals surface area contributed by atoms with E-state index in [1.165, 1.54) is 0 Å². The molecule has 0 saturated heterocycles. The zero-order valence-electron chi connectivity index (χ0n) is 7.69. The van der Waals surface area contributed by atoms with E-state index in [-0.39, 0.29) is 79.9 Å². The van der Waals surface area contributed by atoms with Crippen molar-refractivity contribution in [3.05, 3.63) is 39.4 Å². The van der Waals surface area contributed by atoms with Gasteiger partial charge in [-0.1, -0.05) is 0 Å². The third-order valence-electron chi connectivity index (χ3n) is 0. The van der Waals surface area contributed by atoms with Gasteiger partial charge in [0.25, 0.3) is 0 Å². The monoisotopic (exact) mass is 352 g/mol. The van der Waals surface area contributed by atoms with Crippen LogP contribution in [0, 0.1) is 71.0 Å². The van der Waals surface area contributed by atoms with E-state index in [2.05, 4.69) is 0 Å². The number of rotatable bonds is 0. The van der Waals surface area contributed by atoms with Crippen LogP contribution in [-0.4, -0.2) is 0 Å². The summed E-state index contributed by atoms with van der Waals surface area (Å²) < 4.78 is 0. The van der Waals surface area contributed by atoms with Gasteiger partial charge in [0, 0.05) is 0 Å². The summed E-state index contributed by atoms with van der Waals surface area (Å²) in [7, 11) is 0. The first kappa shape index (κ1) is 108. The van der Waals surface area contributed by atoms with Crippen LogP contribution in [0.1, 0.15) is 0 Å². The quantitative estimate of drug-likeness (QED) is 0.350.